The van der Waals surface area contributed by atoms with Crippen LogP contribution in [0.3, 0.4) is 0 Å². The highest BCUT2D eigenvalue weighted by Gasteiger charge is 2.36. The van der Waals surface area contributed by atoms with Gasteiger partial charge in [0.1, 0.15) is 12.3 Å². The van der Waals surface area contributed by atoms with Gasteiger partial charge in [-0.05, 0) is 30.5 Å². The Balaban J connectivity index is 1.90. The van der Waals surface area contributed by atoms with E-state index in [1.807, 2.05) is 43.0 Å². The number of nitrogens with one attached hydrogen (secondary N) is 2. The van der Waals surface area contributed by atoms with Gasteiger partial charge in [-0.15, -0.1) is 0 Å². The van der Waals surface area contributed by atoms with E-state index in [2.05, 4.69) is 15.6 Å². The Kier molecular flexibility index (Phi) is 8.10. The fraction of sp³-hybridized carbons (Fsp3) is 0.550. The number of likely N-dealkylation sites (tertiary alicyclic amines) is 1. The third kappa shape index (κ3) is 5.87. The van der Waals surface area contributed by atoms with Gasteiger partial charge in [0.2, 0.25) is 5.91 Å². The minimum absolute atomic E-state index is 0.0201. The predicted molar refractivity (Wildman–Crippen MR) is 107 cm³/mol. The van der Waals surface area contributed by atoms with Gasteiger partial charge in [0.05, 0.1) is 20.1 Å². The second-order valence-corrected chi connectivity index (χ2v) is 6.81. The lowest BCUT2D eigenvalue weighted by Crippen LogP contribution is -2.41. The second-order valence-electron chi connectivity index (χ2n) is 6.81. The molecule has 0 radical (unpaired) electrons. The number of rotatable bonds is 7. The summed E-state index contributed by atoms with van der Waals surface area (Å²) in [5, 5.41) is 6.06. The molecular weight excluding hydrogens is 360 g/mol. The standard InChI is InChI=1S/C20H30N4O4/c1-5-21-20(24-12-14(2)17(13-24)19(26)28-4)23-11-18(25)22-10-15-6-8-16(27-3)9-7-15/h6-9,14,17H,5,10-13H2,1-4H3,(H,21,23)(H,22,25). The average molecular weight is 390 g/mol. The Labute approximate surface area is 166 Å². The molecule has 1 aromatic carbocycles. The molecule has 8 nitrogen and oxygen atoms in total. The fourth-order valence-electron chi connectivity index (χ4n) is 3.17. The number of hydrogen-bond donors (Lipinski definition) is 2. The molecule has 1 fully saturated rings. The predicted octanol–water partition coefficient (Wildman–Crippen LogP) is 1.02. The maximum atomic E-state index is 12.2. The van der Waals surface area contributed by atoms with Crippen LogP contribution in [0, 0.1) is 11.8 Å². The number of guanidine groups is 1. The molecule has 0 aliphatic carbocycles. The number of hydrogen-bond acceptors (Lipinski definition) is 5. The van der Waals surface area contributed by atoms with Crippen molar-refractivity contribution < 1.29 is 19.1 Å². The SMILES string of the molecule is CCNC(=NCC(=O)NCc1ccc(OC)cc1)N1CC(C)C(C(=O)OC)C1. The summed E-state index contributed by atoms with van der Waals surface area (Å²) in [5.41, 5.74) is 0.985. The zero-order valence-electron chi connectivity index (χ0n) is 17.0. The number of methoxy groups -OCH3 is 2. The molecule has 28 heavy (non-hydrogen) atoms. The summed E-state index contributed by atoms with van der Waals surface area (Å²) in [5.74, 6) is 1.03. The van der Waals surface area contributed by atoms with Crippen LogP contribution in [0.5, 0.6) is 5.75 Å². The van der Waals surface area contributed by atoms with Crippen molar-refractivity contribution in [3.8, 4) is 5.75 Å². The van der Waals surface area contributed by atoms with Crippen molar-refractivity contribution in [1.82, 2.24) is 15.5 Å². The lowest BCUT2D eigenvalue weighted by atomic mass is 9.99. The van der Waals surface area contributed by atoms with Crippen molar-refractivity contribution in [2.45, 2.75) is 20.4 Å². The van der Waals surface area contributed by atoms with Crippen LogP contribution in [0.2, 0.25) is 0 Å². The van der Waals surface area contributed by atoms with Crippen LogP contribution in [0.25, 0.3) is 0 Å². The first-order valence-corrected chi connectivity index (χ1v) is 9.49. The summed E-state index contributed by atoms with van der Waals surface area (Å²) in [6.45, 7) is 6.35. The summed E-state index contributed by atoms with van der Waals surface area (Å²) in [6, 6.07) is 7.53. The zero-order valence-corrected chi connectivity index (χ0v) is 17.0. The number of esters is 1. The summed E-state index contributed by atoms with van der Waals surface area (Å²) >= 11 is 0. The summed E-state index contributed by atoms with van der Waals surface area (Å²) in [4.78, 5) is 30.5. The van der Waals surface area contributed by atoms with E-state index in [4.69, 9.17) is 9.47 Å². The first-order valence-electron chi connectivity index (χ1n) is 9.49. The van der Waals surface area contributed by atoms with Gasteiger partial charge in [0.25, 0.3) is 0 Å². The molecule has 8 heteroatoms. The Morgan fingerprint density at radius 1 is 1.18 bits per heavy atom. The normalized spacial score (nSPS) is 19.3. The number of carbonyl (C=O) groups is 2. The van der Waals surface area contributed by atoms with Crippen LogP contribution >= 0.6 is 0 Å². The average Bonchev–Trinajstić information content (AvgIpc) is 3.10. The van der Waals surface area contributed by atoms with E-state index < -0.39 is 0 Å². The molecule has 2 unspecified atom stereocenters. The van der Waals surface area contributed by atoms with Crippen molar-refractivity contribution in [2.75, 3.05) is 40.4 Å². The highest BCUT2D eigenvalue weighted by molar-refractivity contribution is 5.86. The Bertz CT molecular complexity index is 690. The molecule has 0 saturated carbocycles. The number of aliphatic imine (C=N–C) groups is 1. The molecule has 1 aliphatic heterocycles. The van der Waals surface area contributed by atoms with E-state index in [1.54, 1.807) is 7.11 Å². The van der Waals surface area contributed by atoms with Gasteiger partial charge < -0.3 is 25.0 Å². The third-order valence-corrected chi connectivity index (χ3v) is 4.77. The van der Waals surface area contributed by atoms with Crippen molar-refractivity contribution in [2.24, 2.45) is 16.8 Å². The molecular formula is C20H30N4O4. The van der Waals surface area contributed by atoms with E-state index in [0.29, 0.717) is 32.1 Å². The molecule has 1 aromatic rings. The van der Waals surface area contributed by atoms with Crippen molar-refractivity contribution in [3.63, 3.8) is 0 Å². The lowest BCUT2D eigenvalue weighted by Gasteiger charge is -2.21. The summed E-state index contributed by atoms with van der Waals surface area (Å²) < 4.78 is 10.0. The van der Waals surface area contributed by atoms with Crippen LogP contribution in [0.15, 0.2) is 29.3 Å². The maximum Gasteiger partial charge on any atom is 0.310 e. The number of ether oxygens (including phenoxy) is 2. The molecule has 1 saturated heterocycles. The van der Waals surface area contributed by atoms with Gasteiger partial charge >= 0.3 is 5.97 Å². The fourth-order valence-corrected chi connectivity index (χ4v) is 3.17. The monoisotopic (exact) mass is 390 g/mol. The molecule has 1 amide bonds. The number of benzene rings is 1. The highest BCUT2D eigenvalue weighted by atomic mass is 16.5. The van der Waals surface area contributed by atoms with E-state index in [1.165, 1.54) is 7.11 Å². The number of carbonyl (C=O) groups excluding carboxylic acids is 2. The molecule has 2 atom stereocenters. The van der Waals surface area contributed by atoms with E-state index >= 15 is 0 Å². The maximum absolute atomic E-state index is 12.2. The van der Waals surface area contributed by atoms with Gasteiger partial charge in [0.15, 0.2) is 5.96 Å². The van der Waals surface area contributed by atoms with Crippen LogP contribution in [-0.2, 0) is 20.9 Å². The van der Waals surface area contributed by atoms with Gasteiger partial charge in [-0.25, -0.2) is 4.99 Å². The molecule has 2 rings (SSSR count). The largest absolute Gasteiger partial charge is 0.497 e. The van der Waals surface area contributed by atoms with Gasteiger partial charge in [-0.3, -0.25) is 9.59 Å². The first-order chi connectivity index (χ1) is 13.5. The molecule has 0 bridgehead atoms. The molecule has 2 N–H and O–H groups in total. The minimum atomic E-state index is -0.205. The highest BCUT2D eigenvalue weighted by Crippen LogP contribution is 2.24. The third-order valence-electron chi connectivity index (χ3n) is 4.77. The smallest absolute Gasteiger partial charge is 0.310 e. The number of nitrogens with zero attached hydrogens (tertiary/aromatic N) is 2. The van der Waals surface area contributed by atoms with Crippen molar-refractivity contribution in [3.05, 3.63) is 29.8 Å². The molecule has 1 heterocycles. The van der Waals surface area contributed by atoms with E-state index in [0.717, 1.165) is 11.3 Å². The first kappa shape index (κ1) is 21.5. The lowest BCUT2D eigenvalue weighted by molar-refractivity contribution is -0.146. The van der Waals surface area contributed by atoms with Gasteiger partial charge in [-0.1, -0.05) is 19.1 Å². The van der Waals surface area contributed by atoms with E-state index in [-0.39, 0.29) is 30.3 Å². The Hall–Kier alpha value is -2.77. The van der Waals surface area contributed by atoms with Gasteiger partial charge in [-0.2, -0.15) is 0 Å². The minimum Gasteiger partial charge on any atom is -0.497 e. The molecule has 0 aromatic heterocycles. The summed E-state index contributed by atoms with van der Waals surface area (Å²) in [6.07, 6.45) is 0. The topological polar surface area (TPSA) is 92.3 Å². The Morgan fingerprint density at radius 3 is 2.50 bits per heavy atom. The quantitative estimate of drug-likeness (QED) is 0.410. The molecule has 0 spiro atoms. The van der Waals surface area contributed by atoms with Crippen molar-refractivity contribution in [1.29, 1.82) is 0 Å². The van der Waals surface area contributed by atoms with Crippen LogP contribution < -0.4 is 15.4 Å². The molecule has 1 aliphatic rings. The van der Waals surface area contributed by atoms with Crippen LogP contribution in [-0.4, -0.2) is 63.1 Å². The van der Waals surface area contributed by atoms with Crippen molar-refractivity contribution >= 4 is 17.8 Å². The summed E-state index contributed by atoms with van der Waals surface area (Å²) in [7, 11) is 3.02. The zero-order chi connectivity index (χ0) is 20.5. The van der Waals surface area contributed by atoms with E-state index in [9.17, 15) is 9.59 Å². The van der Waals surface area contributed by atoms with Crippen LogP contribution in [0.1, 0.15) is 19.4 Å². The van der Waals surface area contributed by atoms with Gasteiger partial charge in [0, 0.05) is 26.2 Å². The molecule has 154 valence electrons. The second kappa shape index (κ2) is 10.5. The van der Waals surface area contributed by atoms with Crippen LogP contribution in [0.4, 0.5) is 0 Å². The number of amides is 1. The Morgan fingerprint density at radius 2 is 1.89 bits per heavy atom.